The molecule has 0 radical (unpaired) electrons. The normalized spacial score (nSPS) is 19.5. The van der Waals surface area contributed by atoms with E-state index in [0.29, 0.717) is 6.54 Å². The van der Waals surface area contributed by atoms with Gasteiger partial charge in [0.05, 0.1) is 22.2 Å². The molecule has 8 heteroatoms. The Morgan fingerprint density at radius 1 is 1.30 bits per heavy atom. The maximum absolute atomic E-state index is 12.7. The molecule has 1 aromatic carbocycles. The molecule has 160 valence electrons. The van der Waals surface area contributed by atoms with Crippen LogP contribution in [0.3, 0.4) is 0 Å². The smallest absolute Gasteiger partial charge is 0.243 e. The number of β-amino-alcohol motifs (C(OH)–C–C–N with tert-alkyl or cyclic N) is 1. The SMILES string of the molecule is CC(=O)C[C@@H](C)C(=O)N1C[C@H](O)C[C@H]1C(=O)NCc1ccc(-c2scnc2C)cc1. The Morgan fingerprint density at radius 3 is 2.60 bits per heavy atom. The van der Waals surface area contributed by atoms with Crippen molar-refractivity contribution in [2.24, 2.45) is 5.92 Å². The number of rotatable bonds is 7. The predicted molar refractivity (Wildman–Crippen MR) is 115 cm³/mol. The fraction of sp³-hybridized carbons (Fsp3) is 0.455. The lowest BCUT2D eigenvalue weighted by Gasteiger charge is -2.26. The summed E-state index contributed by atoms with van der Waals surface area (Å²) in [6.07, 6.45) is -0.407. The minimum absolute atomic E-state index is 0.0754. The van der Waals surface area contributed by atoms with Gasteiger partial charge in [0.25, 0.3) is 0 Å². The number of aryl methyl sites for hydroxylation is 1. The zero-order valence-corrected chi connectivity index (χ0v) is 18.2. The maximum Gasteiger partial charge on any atom is 0.243 e. The topological polar surface area (TPSA) is 99.6 Å². The van der Waals surface area contributed by atoms with Crippen LogP contribution in [0.5, 0.6) is 0 Å². The first-order valence-electron chi connectivity index (χ1n) is 10.0. The van der Waals surface area contributed by atoms with Crippen molar-refractivity contribution < 1.29 is 19.5 Å². The second kappa shape index (κ2) is 9.49. The maximum atomic E-state index is 12.7. The number of aromatic nitrogens is 1. The molecular weight excluding hydrogens is 402 g/mol. The van der Waals surface area contributed by atoms with Gasteiger partial charge < -0.3 is 20.1 Å². The number of thiazole rings is 1. The lowest BCUT2D eigenvalue weighted by molar-refractivity contribution is -0.142. The van der Waals surface area contributed by atoms with E-state index in [1.807, 2.05) is 36.7 Å². The molecule has 2 heterocycles. The van der Waals surface area contributed by atoms with Crippen molar-refractivity contribution in [1.29, 1.82) is 0 Å². The molecule has 0 aliphatic carbocycles. The van der Waals surface area contributed by atoms with Crippen LogP contribution in [0.2, 0.25) is 0 Å². The lowest BCUT2D eigenvalue weighted by atomic mass is 10.0. The van der Waals surface area contributed by atoms with Gasteiger partial charge in [0.1, 0.15) is 11.8 Å². The van der Waals surface area contributed by atoms with Crippen molar-refractivity contribution in [1.82, 2.24) is 15.2 Å². The summed E-state index contributed by atoms with van der Waals surface area (Å²) in [6.45, 7) is 5.53. The summed E-state index contributed by atoms with van der Waals surface area (Å²) in [4.78, 5) is 43.5. The minimum Gasteiger partial charge on any atom is -0.391 e. The van der Waals surface area contributed by atoms with Crippen LogP contribution in [0.15, 0.2) is 29.8 Å². The Kier molecular flexibility index (Phi) is 6.99. The van der Waals surface area contributed by atoms with Gasteiger partial charge in [0, 0.05) is 31.8 Å². The van der Waals surface area contributed by atoms with Gasteiger partial charge in [-0.3, -0.25) is 9.59 Å². The summed E-state index contributed by atoms with van der Waals surface area (Å²) >= 11 is 1.59. The van der Waals surface area contributed by atoms with Crippen molar-refractivity contribution in [3.63, 3.8) is 0 Å². The number of nitrogens with zero attached hydrogens (tertiary/aromatic N) is 2. The Morgan fingerprint density at radius 2 is 2.00 bits per heavy atom. The predicted octanol–water partition coefficient (Wildman–Crippen LogP) is 2.31. The van der Waals surface area contributed by atoms with E-state index in [1.54, 1.807) is 18.3 Å². The highest BCUT2D eigenvalue weighted by molar-refractivity contribution is 7.13. The van der Waals surface area contributed by atoms with Crippen molar-refractivity contribution in [2.45, 2.75) is 52.3 Å². The summed E-state index contributed by atoms with van der Waals surface area (Å²) in [5, 5.41) is 12.9. The van der Waals surface area contributed by atoms with Crippen LogP contribution in [0.25, 0.3) is 10.4 Å². The number of likely N-dealkylation sites (tertiary alicyclic amines) is 1. The van der Waals surface area contributed by atoms with Gasteiger partial charge in [0.15, 0.2) is 0 Å². The summed E-state index contributed by atoms with van der Waals surface area (Å²) in [5.74, 6) is -1.15. The Hall–Kier alpha value is -2.58. The van der Waals surface area contributed by atoms with E-state index in [0.717, 1.165) is 21.7 Å². The molecule has 2 amide bonds. The van der Waals surface area contributed by atoms with E-state index in [2.05, 4.69) is 10.3 Å². The number of amides is 2. The molecule has 30 heavy (non-hydrogen) atoms. The van der Waals surface area contributed by atoms with Crippen LogP contribution in [0.1, 0.15) is 37.9 Å². The van der Waals surface area contributed by atoms with Crippen molar-refractivity contribution in [3.8, 4) is 10.4 Å². The van der Waals surface area contributed by atoms with Gasteiger partial charge in [-0.15, -0.1) is 11.3 Å². The Balaban J connectivity index is 1.61. The highest BCUT2D eigenvalue weighted by Crippen LogP contribution is 2.27. The van der Waals surface area contributed by atoms with Crippen LogP contribution < -0.4 is 5.32 Å². The molecule has 1 aliphatic heterocycles. The number of hydrogen-bond acceptors (Lipinski definition) is 6. The third kappa shape index (κ3) is 5.12. The quantitative estimate of drug-likeness (QED) is 0.704. The number of ketones is 1. The molecule has 1 aliphatic rings. The fourth-order valence-corrected chi connectivity index (χ4v) is 4.58. The number of hydrogen-bond donors (Lipinski definition) is 2. The number of carbonyl (C=O) groups is 3. The minimum atomic E-state index is -0.740. The van der Waals surface area contributed by atoms with Crippen LogP contribution in [-0.2, 0) is 20.9 Å². The molecule has 2 N–H and O–H groups in total. The third-order valence-corrected chi connectivity index (χ3v) is 6.29. The molecular formula is C22H27N3O4S. The van der Waals surface area contributed by atoms with Crippen molar-refractivity contribution >= 4 is 28.9 Å². The van der Waals surface area contributed by atoms with Gasteiger partial charge in [0.2, 0.25) is 11.8 Å². The summed E-state index contributed by atoms with van der Waals surface area (Å²) in [5.41, 5.74) is 4.83. The Bertz CT molecular complexity index is 925. The second-order valence-electron chi connectivity index (χ2n) is 7.88. The van der Waals surface area contributed by atoms with Crippen LogP contribution in [0, 0.1) is 12.8 Å². The molecule has 3 atom stereocenters. The highest BCUT2D eigenvalue weighted by atomic mass is 32.1. The summed E-state index contributed by atoms with van der Waals surface area (Å²) in [6, 6.07) is 7.19. The number of aliphatic hydroxyl groups excluding tert-OH is 1. The average molecular weight is 430 g/mol. The largest absolute Gasteiger partial charge is 0.391 e. The summed E-state index contributed by atoms with van der Waals surface area (Å²) < 4.78 is 0. The molecule has 0 saturated carbocycles. The standard InChI is InChI=1S/C22H27N3O4S/c1-13(8-14(2)26)22(29)25-11-18(27)9-19(25)21(28)23-10-16-4-6-17(7-5-16)20-15(3)24-12-30-20/h4-7,12-13,18-19,27H,8-11H2,1-3H3,(H,23,28)/t13-,18-,19+/m1/s1. The molecule has 1 saturated heterocycles. The first-order chi connectivity index (χ1) is 14.3. The number of benzene rings is 1. The molecule has 3 rings (SSSR count). The van der Waals surface area contributed by atoms with Gasteiger partial charge >= 0.3 is 0 Å². The first kappa shape index (κ1) is 22.1. The molecule has 1 aromatic heterocycles. The van der Waals surface area contributed by atoms with Crippen molar-refractivity contribution in [3.05, 3.63) is 41.0 Å². The van der Waals surface area contributed by atoms with Crippen molar-refractivity contribution in [2.75, 3.05) is 6.54 Å². The highest BCUT2D eigenvalue weighted by Gasteiger charge is 2.40. The summed E-state index contributed by atoms with van der Waals surface area (Å²) in [7, 11) is 0. The first-order valence-corrected chi connectivity index (χ1v) is 10.9. The molecule has 2 aromatic rings. The van der Waals surface area contributed by atoms with E-state index in [4.69, 9.17) is 0 Å². The van der Waals surface area contributed by atoms with Gasteiger partial charge in [-0.1, -0.05) is 31.2 Å². The molecule has 0 spiro atoms. The lowest BCUT2D eigenvalue weighted by Crippen LogP contribution is -2.47. The number of carbonyl (C=O) groups excluding carboxylic acids is 3. The zero-order chi connectivity index (χ0) is 21.8. The van der Waals surface area contributed by atoms with E-state index in [9.17, 15) is 19.5 Å². The molecule has 0 bridgehead atoms. The monoisotopic (exact) mass is 429 g/mol. The van der Waals surface area contributed by atoms with E-state index in [-0.39, 0.29) is 37.0 Å². The second-order valence-corrected chi connectivity index (χ2v) is 8.74. The molecule has 1 fully saturated rings. The van der Waals surface area contributed by atoms with Gasteiger partial charge in [-0.2, -0.15) is 0 Å². The van der Waals surface area contributed by atoms with Crippen LogP contribution in [-0.4, -0.2) is 51.3 Å². The van der Waals surface area contributed by atoms with Crippen LogP contribution >= 0.6 is 11.3 Å². The number of nitrogens with one attached hydrogen (secondary N) is 1. The fourth-order valence-electron chi connectivity index (χ4n) is 3.77. The number of aliphatic hydroxyl groups is 1. The average Bonchev–Trinajstić information content (AvgIpc) is 3.31. The van der Waals surface area contributed by atoms with Gasteiger partial charge in [-0.05, 0) is 25.0 Å². The van der Waals surface area contributed by atoms with E-state index in [1.165, 1.54) is 11.8 Å². The number of Topliss-reactive ketones (excluding diaryl/α,β-unsaturated/α-hetero) is 1. The van der Waals surface area contributed by atoms with E-state index < -0.39 is 18.1 Å². The Labute approximate surface area is 180 Å². The van der Waals surface area contributed by atoms with Crippen LogP contribution in [0.4, 0.5) is 0 Å². The zero-order valence-electron chi connectivity index (χ0n) is 17.4. The van der Waals surface area contributed by atoms with Gasteiger partial charge in [-0.25, -0.2) is 4.98 Å². The van der Waals surface area contributed by atoms with E-state index >= 15 is 0 Å². The third-order valence-electron chi connectivity index (χ3n) is 5.31. The molecule has 0 unspecified atom stereocenters. The molecule has 7 nitrogen and oxygen atoms in total.